The predicted octanol–water partition coefficient (Wildman–Crippen LogP) is 1.10. The standard InChI is InChI=1S/C11H18NO4P/c12-11(6-7-17(13,14)15)9-16-8-10-4-2-1-3-5-10/h1-5,11H,6-9,12H2,(H2,13,14,15)/t11-/m0/s1. The van der Waals surface area contributed by atoms with Gasteiger partial charge in [-0.1, -0.05) is 30.3 Å². The van der Waals surface area contributed by atoms with Crippen LogP contribution in [-0.2, 0) is 15.9 Å². The maximum atomic E-state index is 10.6. The molecule has 0 aromatic heterocycles. The predicted molar refractivity (Wildman–Crippen MR) is 65.6 cm³/mol. The van der Waals surface area contributed by atoms with Crippen molar-refractivity contribution < 1.29 is 19.1 Å². The Morgan fingerprint density at radius 2 is 1.94 bits per heavy atom. The van der Waals surface area contributed by atoms with Crippen molar-refractivity contribution in [3.63, 3.8) is 0 Å². The highest BCUT2D eigenvalue weighted by molar-refractivity contribution is 7.51. The first-order valence-corrected chi connectivity index (χ1v) is 7.19. The molecule has 0 aliphatic heterocycles. The Kier molecular flexibility index (Phi) is 5.82. The van der Waals surface area contributed by atoms with E-state index in [1.54, 1.807) is 0 Å². The fourth-order valence-electron chi connectivity index (χ4n) is 1.32. The van der Waals surface area contributed by atoms with Crippen LogP contribution in [0.1, 0.15) is 12.0 Å². The van der Waals surface area contributed by atoms with Gasteiger partial charge in [-0.3, -0.25) is 4.57 Å². The van der Waals surface area contributed by atoms with E-state index >= 15 is 0 Å². The molecule has 1 aromatic rings. The zero-order valence-corrected chi connectivity index (χ0v) is 10.4. The van der Waals surface area contributed by atoms with Crippen molar-refractivity contribution in [2.24, 2.45) is 5.73 Å². The van der Waals surface area contributed by atoms with Gasteiger partial charge in [0.25, 0.3) is 0 Å². The Labute approximate surface area is 101 Å². The topological polar surface area (TPSA) is 92.8 Å². The summed E-state index contributed by atoms with van der Waals surface area (Å²) in [5.74, 6) is 0. The quantitative estimate of drug-likeness (QED) is 0.637. The molecule has 1 atom stereocenters. The van der Waals surface area contributed by atoms with Crippen LogP contribution in [0.4, 0.5) is 0 Å². The van der Waals surface area contributed by atoms with E-state index in [2.05, 4.69) is 0 Å². The van der Waals surface area contributed by atoms with Crippen molar-refractivity contribution in [3.05, 3.63) is 35.9 Å². The summed E-state index contributed by atoms with van der Waals surface area (Å²) < 4.78 is 16.0. The van der Waals surface area contributed by atoms with E-state index in [1.165, 1.54) is 0 Å². The van der Waals surface area contributed by atoms with Crippen LogP contribution in [0.3, 0.4) is 0 Å². The zero-order valence-electron chi connectivity index (χ0n) is 9.53. The summed E-state index contributed by atoms with van der Waals surface area (Å²) in [6.07, 6.45) is 0.0714. The van der Waals surface area contributed by atoms with Crippen molar-refractivity contribution in [2.75, 3.05) is 12.8 Å². The van der Waals surface area contributed by atoms with Gasteiger partial charge in [-0.2, -0.15) is 0 Å². The zero-order chi connectivity index (χ0) is 12.7. The van der Waals surface area contributed by atoms with Gasteiger partial charge in [0, 0.05) is 6.04 Å². The van der Waals surface area contributed by atoms with Crippen LogP contribution in [0.2, 0.25) is 0 Å². The van der Waals surface area contributed by atoms with Crippen molar-refractivity contribution in [3.8, 4) is 0 Å². The molecule has 0 spiro atoms. The minimum absolute atomic E-state index is 0.192. The fourth-order valence-corrected chi connectivity index (χ4v) is 1.99. The molecule has 0 bridgehead atoms. The lowest BCUT2D eigenvalue weighted by Gasteiger charge is -2.12. The van der Waals surface area contributed by atoms with E-state index in [-0.39, 0.29) is 18.6 Å². The Hall–Kier alpha value is -0.710. The molecule has 4 N–H and O–H groups in total. The maximum Gasteiger partial charge on any atom is 0.325 e. The van der Waals surface area contributed by atoms with E-state index in [9.17, 15) is 4.57 Å². The highest BCUT2D eigenvalue weighted by atomic mass is 31.2. The normalized spacial score (nSPS) is 13.6. The van der Waals surface area contributed by atoms with Crippen LogP contribution in [0.5, 0.6) is 0 Å². The number of hydrogen-bond acceptors (Lipinski definition) is 3. The summed E-state index contributed by atoms with van der Waals surface area (Å²) in [6.45, 7) is 0.763. The molecule has 0 radical (unpaired) electrons. The lowest BCUT2D eigenvalue weighted by atomic mass is 10.2. The Morgan fingerprint density at radius 3 is 2.53 bits per heavy atom. The van der Waals surface area contributed by atoms with E-state index in [0.717, 1.165) is 5.56 Å². The minimum atomic E-state index is -3.95. The average Bonchev–Trinajstić information content (AvgIpc) is 2.27. The third-order valence-electron chi connectivity index (χ3n) is 2.23. The molecular formula is C11H18NO4P. The van der Waals surface area contributed by atoms with Gasteiger partial charge in [-0.15, -0.1) is 0 Å². The molecule has 0 aliphatic carbocycles. The van der Waals surface area contributed by atoms with Gasteiger partial charge in [-0.05, 0) is 12.0 Å². The van der Waals surface area contributed by atoms with Gasteiger partial charge in [0.2, 0.25) is 0 Å². The second-order valence-electron chi connectivity index (χ2n) is 3.94. The second-order valence-corrected chi connectivity index (χ2v) is 5.71. The van der Waals surface area contributed by atoms with E-state index in [1.807, 2.05) is 30.3 Å². The number of nitrogens with two attached hydrogens (primary N) is 1. The number of rotatable bonds is 7. The summed E-state index contributed by atoms with van der Waals surface area (Å²) in [5.41, 5.74) is 6.73. The Balaban J connectivity index is 2.16. The molecule has 1 aromatic carbocycles. The van der Waals surface area contributed by atoms with Crippen molar-refractivity contribution in [1.29, 1.82) is 0 Å². The van der Waals surface area contributed by atoms with Crippen LogP contribution in [0, 0.1) is 0 Å². The third kappa shape index (κ3) is 7.26. The lowest BCUT2D eigenvalue weighted by molar-refractivity contribution is 0.107. The first kappa shape index (κ1) is 14.4. The Morgan fingerprint density at radius 1 is 1.29 bits per heavy atom. The molecule has 0 heterocycles. The van der Waals surface area contributed by atoms with Crippen LogP contribution in [0.25, 0.3) is 0 Å². The molecule has 0 fully saturated rings. The van der Waals surface area contributed by atoms with Crippen molar-refractivity contribution in [1.82, 2.24) is 0 Å². The first-order valence-electron chi connectivity index (χ1n) is 5.39. The molecule has 0 amide bonds. The summed E-state index contributed by atoms with van der Waals surface area (Å²) in [6, 6.07) is 9.32. The van der Waals surface area contributed by atoms with Crippen LogP contribution < -0.4 is 5.73 Å². The van der Waals surface area contributed by atoms with Crippen LogP contribution in [0.15, 0.2) is 30.3 Å². The molecule has 0 saturated heterocycles. The molecule has 0 aliphatic rings. The third-order valence-corrected chi connectivity index (χ3v) is 3.08. The largest absolute Gasteiger partial charge is 0.375 e. The molecular weight excluding hydrogens is 241 g/mol. The summed E-state index contributed by atoms with van der Waals surface area (Å²) in [4.78, 5) is 17.4. The monoisotopic (exact) mass is 259 g/mol. The Bertz CT molecular complexity index is 365. The van der Waals surface area contributed by atoms with E-state index in [0.29, 0.717) is 13.2 Å². The lowest BCUT2D eigenvalue weighted by Crippen LogP contribution is -2.27. The highest BCUT2D eigenvalue weighted by Crippen LogP contribution is 2.35. The minimum Gasteiger partial charge on any atom is -0.375 e. The van der Waals surface area contributed by atoms with Gasteiger partial charge in [0.1, 0.15) is 0 Å². The highest BCUT2D eigenvalue weighted by Gasteiger charge is 2.15. The van der Waals surface area contributed by atoms with Gasteiger partial charge >= 0.3 is 7.60 Å². The SMILES string of the molecule is N[C@@H](CCP(=O)(O)O)COCc1ccccc1. The second kappa shape index (κ2) is 6.89. The fraction of sp³-hybridized carbons (Fsp3) is 0.455. The van der Waals surface area contributed by atoms with Crippen molar-refractivity contribution >= 4 is 7.60 Å². The van der Waals surface area contributed by atoms with E-state index in [4.69, 9.17) is 20.3 Å². The molecule has 0 saturated carbocycles. The maximum absolute atomic E-state index is 10.6. The number of hydrogen-bond donors (Lipinski definition) is 3. The molecule has 1 rings (SSSR count). The van der Waals surface area contributed by atoms with Crippen LogP contribution >= 0.6 is 7.60 Å². The average molecular weight is 259 g/mol. The van der Waals surface area contributed by atoms with Gasteiger partial charge < -0.3 is 20.3 Å². The molecule has 96 valence electrons. The smallest absolute Gasteiger partial charge is 0.325 e. The molecule has 5 nitrogen and oxygen atoms in total. The summed E-state index contributed by atoms with van der Waals surface area (Å²) >= 11 is 0. The van der Waals surface area contributed by atoms with Crippen molar-refractivity contribution in [2.45, 2.75) is 19.1 Å². The van der Waals surface area contributed by atoms with Gasteiger partial charge in [0.05, 0.1) is 19.4 Å². The summed E-state index contributed by atoms with van der Waals surface area (Å²) in [5, 5.41) is 0. The van der Waals surface area contributed by atoms with E-state index < -0.39 is 7.60 Å². The number of benzene rings is 1. The van der Waals surface area contributed by atoms with Gasteiger partial charge in [0.15, 0.2) is 0 Å². The first-order chi connectivity index (χ1) is 7.97. The van der Waals surface area contributed by atoms with Gasteiger partial charge in [-0.25, -0.2) is 0 Å². The number of ether oxygens (including phenoxy) is 1. The molecule has 0 unspecified atom stereocenters. The molecule has 17 heavy (non-hydrogen) atoms. The van der Waals surface area contributed by atoms with Crippen LogP contribution in [-0.4, -0.2) is 28.6 Å². The molecule has 6 heteroatoms. The summed E-state index contributed by atoms with van der Waals surface area (Å²) in [7, 11) is -3.95.